The van der Waals surface area contributed by atoms with Crippen LogP contribution in [-0.4, -0.2) is 28.3 Å². The second kappa shape index (κ2) is 12.1. The van der Waals surface area contributed by atoms with Crippen LogP contribution in [0.3, 0.4) is 0 Å². The van der Waals surface area contributed by atoms with Gasteiger partial charge in [-0.15, -0.1) is 0 Å². The zero-order valence-corrected chi connectivity index (χ0v) is 24.5. The third-order valence-electron chi connectivity index (χ3n) is 8.16. The van der Waals surface area contributed by atoms with Crippen LogP contribution in [0.4, 0.5) is 4.39 Å². The molecule has 0 aliphatic carbocycles. The third kappa shape index (κ3) is 5.12. The van der Waals surface area contributed by atoms with Gasteiger partial charge >= 0.3 is 11.7 Å². The van der Waals surface area contributed by atoms with Crippen LogP contribution in [0.5, 0.6) is 0 Å². The molecule has 1 atom stereocenters. The molecular formula is C37H32FN3O3. The standard InChI is InChI=1S/C37H32FN3O3/c1-40-33-20-12-19-31(38)34(33)41(36(40)43)30-23-21-26(22-24-30)25-32(35(42)44-2)39-37(27-13-6-3-7-14-27,28-15-8-4-9-16-28)29-17-10-5-11-18-29/h3-24,32,39H,25H2,1-2H3. The minimum absolute atomic E-state index is 0.222. The first-order valence-electron chi connectivity index (χ1n) is 14.4. The van der Waals surface area contributed by atoms with Crippen LogP contribution in [0.25, 0.3) is 16.7 Å². The van der Waals surface area contributed by atoms with E-state index in [0.717, 1.165) is 22.3 Å². The Morgan fingerprint density at radius 3 is 1.80 bits per heavy atom. The number of imidazole rings is 1. The van der Waals surface area contributed by atoms with Crippen LogP contribution in [-0.2, 0) is 28.5 Å². The lowest BCUT2D eigenvalue weighted by Gasteiger charge is -2.39. The van der Waals surface area contributed by atoms with Crippen molar-refractivity contribution in [1.29, 1.82) is 0 Å². The number of benzene rings is 5. The summed E-state index contributed by atoms with van der Waals surface area (Å²) in [5.41, 5.74) is 3.80. The number of rotatable bonds is 9. The van der Waals surface area contributed by atoms with Crippen molar-refractivity contribution >= 4 is 17.0 Å². The molecule has 6 nitrogen and oxygen atoms in total. The predicted molar refractivity (Wildman–Crippen MR) is 170 cm³/mol. The van der Waals surface area contributed by atoms with Gasteiger partial charge in [0.05, 0.1) is 23.9 Å². The van der Waals surface area contributed by atoms with E-state index >= 15 is 0 Å². The quantitative estimate of drug-likeness (QED) is 0.164. The molecule has 6 rings (SSSR count). The fourth-order valence-corrected chi connectivity index (χ4v) is 6.01. The number of esters is 1. The van der Waals surface area contributed by atoms with E-state index in [4.69, 9.17) is 4.74 Å². The van der Waals surface area contributed by atoms with Crippen LogP contribution in [0.15, 0.2) is 138 Å². The van der Waals surface area contributed by atoms with Crippen molar-refractivity contribution in [1.82, 2.24) is 14.5 Å². The number of nitrogens with zero attached hydrogens (tertiary/aromatic N) is 2. The summed E-state index contributed by atoms with van der Waals surface area (Å²) in [6.45, 7) is 0. The van der Waals surface area contributed by atoms with Gasteiger partial charge in [-0.25, -0.2) is 9.18 Å². The molecule has 7 heteroatoms. The Kier molecular flexibility index (Phi) is 7.96. The first kappa shape index (κ1) is 28.8. The fraction of sp³-hybridized carbons (Fsp3) is 0.135. The number of aromatic nitrogens is 2. The first-order valence-corrected chi connectivity index (χ1v) is 14.4. The molecule has 1 aromatic heterocycles. The maximum atomic E-state index is 14.8. The second-order valence-electron chi connectivity index (χ2n) is 10.7. The molecule has 5 aromatic carbocycles. The highest BCUT2D eigenvalue weighted by molar-refractivity contribution is 5.79. The van der Waals surface area contributed by atoms with E-state index < -0.39 is 23.4 Å². The summed E-state index contributed by atoms with van der Waals surface area (Å²) in [5, 5.41) is 3.72. The van der Waals surface area contributed by atoms with Crippen LogP contribution in [0, 0.1) is 5.82 Å². The SMILES string of the molecule is COC(=O)C(Cc1ccc(-n2c(=O)n(C)c3cccc(F)c32)cc1)NC(c1ccccc1)(c1ccccc1)c1ccccc1. The highest BCUT2D eigenvalue weighted by atomic mass is 19.1. The Bertz CT molecular complexity index is 1850. The molecule has 0 bridgehead atoms. The molecule has 0 fully saturated rings. The summed E-state index contributed by atoms with van der Waals surface area (Å²) in [6, 6.07) is 41.3. The van der Waals surface area contributed by atoms with E-state index in [-0.39, 0.29) is 11.2 Å². The second-order valence-corrected chi connectivity index (χ2v) is 10.7. The Hall–Kier alpha value is -5.27. The minimum atomic E-state index is -0.879. The summed E-state index contributed by atoms with van der Waals surface area (Å²) >= 11 is 0. The van der Waals surface area contributed by atoms with Gasteiger partial charge in [0.1, 0.15) is 17.4 Å². The number of hydrogen-bond acceptors (Lipinski definition) is 4. The lowest BCUT2D eigenvalue weighted by Crippen LogP contribution is -2.53. The summed E-state index contributed by atoms with van der Waals surface area (Å²) in [7, 11) is 3.01. The minimum Gasteiger partial charge on any atom is -0.468 e. The maximum Gasteiger partial charge on any atom is 0.333 e. The van der Waals surface area contributed by atoms with Gasteiger partial charge in [0.15, 0.2) is 0 Å². The van der Waals surface area contributed by atoms with E-state index in [9.17, 15) is 14.0 Å². The van der Waals surface area contributed by atoms with Crippen molar-refractivity contribution in [2.24, 2.45) is 7.05 Å². The summed E-state index contributed by atoms with van der Waals surface area (Å²) in [5.74, 6) is -0.883. The van der Waals surface area contributed by atoms with Gasteiger partial charge in [-0.3, -0.25) is 19.2 Å². The average molecular weight is 586 g/mol. The summed E-state index contributed by atoms with van der Waals surface area (Å²) in [4.78, 5) is 26.5. The first-order chi connectivity index (χ1) is 21.4. The van der Waals surface area contributed by atoms with Gasteiger partial charge in [-0.05, 0) is 52.9 Å². The van der Waals surface area contributed by atoms with Crippen LogP contribution < -0.4 is 11.0 Å². The number of carbonyl (C=O) groups is 1. The highest BCUT2D eigenvalue weighted by Gasteiger charge is 2.40. The van der Waals surface area contributed by atoms with Crippen LogP contribution in [0.1, 0.15) is 22.3 Å². The number of hydrogen-bond donors (Lipinski definition) is 1. The highest BCUT2D eigenvalue weighted by Crippen LogP contribution is 2.37. The van der Waals surface area contributed by atoms with Crippen LogP contribution in [0.2, 0.25) is 0 Å². The number of fused-ring (bicyclic) bond motifs is 1. The number of ether oxygens (including phenoxy) is 1. The third-order valence-corrected chi connectivity index (χ3v) is 8.16. The monoisotopic (exact) mass is 585 g/mol. The zero-order chi connectivity index (χ0) is 30.7. The van der Waals surface area contributed by atoms with Crippen LogP contribution >= 0.6 is 0 Å². The summed E-state index contributed by atoms with van der Waals surface area (Å²) in [6.07, 6.45) is 0.306. The number of para-hydroxylation sites is 1. The molecule has 1 heterocycles. The smallest absolute Gasteiger partial charge is 0.333 e. The normalized spacial score (nSPS) is 12.2. The van der Waals surface area contributed by atoms with Crippen molar-refractivity contribution in [3.8, 4) is 5.69 Å². The van der Waals surface area contributed by atoms with E-state index in [1.54, 1.807) is 31.3 Å². The number of nitrogens with one attached hydrogen (secondary N) is 1. The molecule has 1 N–H and O–H groups in total. The lowest BCUT2D eigenvalue weighted by atomic mass is 9.76. The number of carbonyl (C=O) groups excluding carboxylic acids is 1. The molecule has 0 saturated heterocycles. The van der Waals surface area contributed by atoms with Crippen molar-refractivity contribution in [2.45, 2.75) is 18.0 Å². The topological polar surface area (TPSA) is 65.3 Å². The van der Waals surface area contributed by atoms with E-state index in [1.807, 2.05) is 66.7 Å². The van der Waals surface area contributed by atoms with Gasteiger partial charge in [-0.2, -0.15) is 0 Å². The molecule has 0 amide bonds. The summed E-state index contributed by atoms with van der Waals surface area (Å²) < 4.78 is 23.0. The number of methoxy groups -OCH3 is 1. The van der Waals surface area contributed by atoms with Crippen molar-refractivity contribution in [2.75, 3.05) is 7.11 Å². The van der Waals surface area contributed by atoms with E-state index in [2.05, 4.69) is 41.7 Å². The average Bonchev–Trinajstić information content (AvgIpc) is 3.34. The molecule has 0 radical (unpaired) electrons. The molecule has 44 heavy (non-hydrogen) atoms. The Morgan fingerprint density at radius 1 is 0.773 bits per heavy atom. The number of aryl methyl sites for hydroxylation is 1. The van der Waals surface area contributed by atoms with Gasteiger partial charge in [0.2, 0.25) is 0 Å². The molecule has 0 spiro atoms. The largest absolute Gasteiger partial charge is 0.468 e. The van der Waals surface area contributed by atoms with E-state index in [1.165, 1.54) is 22.3 Å². The molecule has 220 valence electrons. The predicted octanol–water partition coefficient (Wildman–Crippen LogP) is 6.13. The Balaban J connectivity index is 1.42. The van der Waals surface area contributed by atoms with Gasteiger partial charge in [0.25, 0.3) is 0 Å². The molecule has 6 aromatic rings. The lowest BCUT2D eigenvalue weighted by molar-refractivity contribution is -0.143. The molecule has 0 saturated carbocycles. The van der Waals surface area contributed by atoms with Crippen molar-refractivity contribution < 1.29 is 13.9 Å². The Morgan fingerprint density at radius 2 is 1.30 bits per heavy atom. The van der Waals surface area contributed by atoms with Crippen molar-refractivity contribution in [3.05, 3.63) is 172 Å². The molecule has 0 aliphatic rings. The van der Waals surface area contributed by atoms with Gasteiger partial charge < -0.3 is 4.74 Å². The fourth-order valence-electron chi connectivity index (χ4n) is 6.01. The van der Waals surface area contributed by atoms with Gasteiger partial charge in [0, 0.05) is 7.05 Å². The molecular weight excluding hydrogens is 553 g/mol. The molecule has 1 unspecified atom stereocenters. The number of halogens is 1. The molecule has 0 aliphatic heterocycles. The zero-order valence-electron chi connectivity index (χ0n) is 24.5. The van der Waals surface area contributed by atoms with E-state index in [0.29, 0.717) is 17.6 Å². The maximum absolute atomic E-state index is 14.8. The van der Waals surface area contributed by atoms with Crippen molar-refractivity contribution in [3.63, 3.8) is 0 Å². The van der Waals surface area contributed by atoms with Gasteiger partial charge in [-0.1, -0.05) is 109 Å². The Labute approximate surface area is 255 Å².